The van der Waals surface area contributed by atoms with Crippen molar-refractivity contribution in [2.75, 3.05) is 33.4 Å². The first-order chi connectivity index (χ1) is 13.0. The van der Waals surface area contributed by atoms with Crippen molar-refractivity contribution >= 4 is 12.4 Å². The van der Waals surface area contributed by atoms with E-state index in [1.165, 1.54) is 0 Å². The van der Waals surface area contributed by atoms with Crippen LogP contribution >= 0.6 is 12.4 Å². The number of hydrogen-bond donors (Lipinski definition) is 1. The van der Waals surface area contributed by atoms with Gasteiger partial charge in [-0.2, -0.15) is 0 Å². The molecule has 0 aliphatic carbocycles. The number of rotatable bonds is 7. The van der Waals surface area contributed by atoms with Crippen LogP contribution in [-0.4, -0.2) is 39.5 Å². The molecule has 1 heterocycles. The summed E-state index contributed by atoms with van der Waals surface area (Å²) < 4.78 is 23.2. The maximum absolute atomic E-state index is 6.07. The van der Waals surface area contributed by atoms with Crippen molar-refractivity contribution in [1.82, 2.24) is 5.32 Å². The monoisotopic (exact) mass is 407 g/mol. The lowest BCUT2D eigenvalue weighted by Gasteiger charge is -2.27. The molecule has 0 bridgehead atoms. The predicted octanol–water partition coefficient (Wildman–Crippen LogP) is 4.22. The van der Waals surface area contributed by atoms with Gasteiger partial charge in [0.1, 0.15) is 19.3 Å². The highest BCUT2D eigenvalue weighted by molar-refractivity contribution is 5.85. The Morgan fingerprint density at radius 3 is 2.54 bits per heavy atom. The molecule has 0 amide bonds. The van der Waals surface area contributed by atoms with Crippen molar-refractivity contribution in [1.29, 1.82) is 0 Å². The third-order valence-corrected chi connectivity index (χ3v) is 4.47. The molecule has 6 heteroatoms. The van der Waals surface area contributed by atoms with Crippen molar-refractivity contribution in [2.45, 2.75) is 32.3 Å². The van der Waals surface area contributed by atoms with Gasteiger partial charge in [-0.3, -0.25) is 0 Å². The van der Waals surface area contributed by atoms with E-state index in [0.29, 0.717) is 26.3 Å². The molecule has 3 rings (SSSR count). The predicted molar refractivity (Wildman–Crippen MR) is 114 cm³/mol. The minimum atomic E-state index is -0.0159. The van der Waals surface area contributed by atoms with Crippen molar-refractivity contribution in [3.8, 4) is 23.0 Å². The number of hydrogen-bond acceptors (Lipinski definition) is 5. The van der Waals surface area contributed by atoms with Gasteiger partial charge in [-0.25, -0.2) is 0 Å². The zero-order valence-corrected chi connectivity index (χ0v) is 17.8. The smallest absolute Gasteiger partial charge is 0.164 e. The van der Waals surface area contributed by atoms with Gasteiger partial charge in [-0.05, 0) is 23.6 Å². The summed E-state index contributed by atoms with van der Waals surface area (Å²) in [6, 6.07) is 13.8. The van der Waals surface area contributed by atoms with Crippen molar-refractivity contribution in [3.63, 3.8) is 0 Å². The number of benzene rings is 2. The van der Waals surface area contributed by atoms with Gasteiger partial charge in [-0.15, -0.1) is 12.4 Å². The maximum atomic E-state index is 6.07. The average Bonchev–Trinajstić information content (AvgIpc) is 2.66. The summed E-state index contributed by atoms with van der Waals surface area (Å²) in [6.07, 6.45) is -0.00343. The van der Waals surface area contributed by atoms with Crippen molar-refractivity contribution < 1.29 is 18.9 Å². The zero-order chi connectivity index (χ0) is 19.3. The normalized spacial score (nSPS) is 15.5. The van der Waals surface area contributed by atoms with Crippen molar-refractivity contribution in [2.24, 2.45) is 0 Å². The van der Waals surface area contributed by atoms with Crippen LogP contribution < -0.4 is 24.3 Å². The van der Waals surface area contributed by atoms with Crippen LogP contribution in [0.25, 0.3) is 0 Å². The van der Waals surface area contributed by atoms with Crippen LogP contribution in [0.15, 0.2) is 42.5 Å². The molecule has 5 nitrogen and oxygen atoms in total. The number of methoxy groups -OCH3 is 1. The van der Waals surface area contributed by atoms with Crippen LogP contribution in [0.3, 0.4) is 0 Å². The number of ether oxygens (including phenoxy) is 4. The summed E-state index contributed by atoms with van der Waals surface area (Å²) in [5.41, 5.74) is 1.13. The van der Waals surface area contributed by atoms with Crippen LogP contribution in [-0.2, 0) is 5.41 Å². The molecule has 0 unspecified atom stereocenters. The quantitative estimate of drug-likeness (QED) is 0.696. The minimum absolute atomic E-state index is 0. The Kier molecular flexibility index (Phi) is 7.84. The van der Waals surface area contributed by atoms with Gasteiger partial charge in [0.15, 0.2) is 23.0 Å². The Labute approximate surface area is 173 Å². The van der Waals surface area contributed by atoms with Gasteiger partial charge in [0.25, 0.3) is 0 Å². The summed E-state index contributed by atoms with van der Waals surface area (Å²) in [5.74, 6) is 3.20. The van der Waals surface area contributed by atoms with Gasteiger partial charge in [-0.1, -0.05) is 45.0 Å². The number of fused-ring (bicyclic) bond motifs is 1. The highest BCUT2D eigenvalue weighted by atomic mass is 35.5. The SMILES string of the molecule is COc1cccc(C(C)(C)C)c1OCCNC[C@@H]1COc2ccccc2O1.Cl. The third-order valence-electron chi connectivity index (χ3n) is 4.47. The summed E-state index contributed by atoms with van der Waals surface area (Å²) in [5, 5.41) is 3.38. The van der Waals surface area contributed by atoms with E-state index >= 15 is 0 Å². The lowest BCUT2D eigenvalue weighted by Crippen LogP contribution is -2.39. The van der Waals surface area contributed by atoms with Crippen LogP contribution in [0.5, 0.6) is 23.0 Å². The van der Waals surface area contributed by atoms with Crippen LogP contribution in [0, 0.1) is 0 Å². The third kappa shape index (κ3) is 5.46. The van der Waals surface area contributed by atoms with E-state index < -0.39 is 0 Å². The Hall–Kier alpha value is -2.11. The zero-order valence-electron chi connectivity index (χ0n) is 17.0. The molecule has 1 atom stereocenters. The Bertz CT molecular complexity index is 760. The molecule has 0 aromatic heterocycles. The van der Waals surface area contributed by atoms with E-state index in [9.17, 15) is 0 Å². The first-order valence-corrected chi connectivity index (χ1v) is 9.38. The second-order valence-corrected chi connectivity index (χ2v) is 7.64. The number of halogens is 1. The number of para-hydroxylation sites is 3. The molecule has 2 aromatic rings. The molecule has 1 aliphatic rings. The lowest BCUT2D eigenvalue weighted by atomic mass is 9.86. The van der Waals surface area contributed by atoms with Crippen LogP contribution in [0.2, 0.25) is 0 Å². The molecule has 2 aromatic carbocycles. The molecule has 154 valence electrons. The standard InChI is InChI=1S/C22H29NO4.ClH/c1-22(2,3)17-8-7-11-20(24-4)21(17)25-13-12-23-14-16-15-26-18-9-5-6-10-19(18)27-16;/h5-11,16,23H,12-15H2,1-4H3;1H/t16-;/m1./s1. The molecule has 0 saturated carbocycles. The van der Waals surface area contributed by atoms with Gasteiger partial charge < -0.3 is 24.3 Å². The second kappa shape index (κ2) is 9.89. The Balaban J connectivity index is 0.00000280. The molecular weight excluding hydrogens is 378 g/mol. The van der Waals surface area contributed by atoms with Crippen LogP contribution in [0.4, 0.5) is 0 Å². The van der Waals surface area contributed by atoms with E-state index in [4.69, 9.17) is 18.9 Å². The first kappa shape index (κ1) is 22.2. The molecule has 28 heavy (non-hydrogen) atoms. The molecule has 0 saturated heterocycles. The lowest BCUT2D eigenvalue weighted by molar-refractivity contribution is 0.0897. The summed E-state index contributed by atoms with van der Waals surface area (Å²) in [6.45, 7) is 9.03. The second-order valence-electron chi connectivity index (χ2n) is 7.64. The fraction of sp³-hybridized carbons (Fsp3) is 0.455. The summed E-state index contributed by atoms with van der Waals surface area (Å²) >= 11 is 0. The van der Waals surface area contributed by atoms with E-state index in [2.05, 4.69) is 32.2 Å². The van der Waals surface area contributed by atoms with Crippen molar-refractivity contribution in [3.05, 3.63) is 48.0 Å². The Morgan fingerprint density at radius 2 is 1.82 bits per heavy atom. The summed E-state index contributed by atoms with van der Waals surface area (Å²) in [7, 11) is 1.67. The highest BCUT2D eigenvalue weighted by Crippen LogP contribution is 2.38. The van der Waals surface area contributed by atoms with Gasteiger partial charge in [0.05, 0.1) is 7.11 Å². The van der Waals surface area contributed by atoms with Gasteiger partial charge >= 0.3 is 0 Å². The number of nitrogens with one attached hydrogen (secondary N) is 1. The van der Waals surface area contributed by atoms with Crippen LogP contribution in [0.1, 0.15) is 26.3 Å². The maximum Gasteiger partial charge on any atom is 0.164 e. The first-order valence-electron chi connectivity index (χ1n) is 9.38. The van der Waals surface area contributed by atoms with E-state index in [1.54, 1.807) is 7.11 Å². The molecule has 1 aliphatic heterocycles. The van der Waals surface area contributed by atoms with Gasteiger partial charge in [0, 0.05) is 18.7 Å². The fourth-order valence-electron chi connectivity index (χ4n) is 3.07. The molecule has 0 radical (unpaired) electrons. The Morgan fingerprint density at radius 1 is 1.07 bits per heavy atom. The van der Waals surface area contributed by atoms with E-state index in [1.807, 2.05) is 36.4 Å². The summed E-state index contributed by atoms with van der Waals surface area (Å²) in [4.78, 5) is 0. The van der Waals surface area contributed by atoms with E-state index in [0.717, 1.165) is 28.6 Å². The molecule has 0 fully saturated rings. The fourth-order valence-corrected chi connectivity index (χ4v) is 3.07. The van der Waals surface area contributed by atoms with E-state index in [-0.39, 0.29) is 23.9 Å². The average molecular weight is 408 g/mol. The molecular formula is C22H30ClNO4. The topological polar surface area (TPSA) is 49.0 Å². The minimum Gasteiger partial charge on any atom is -0.493 e. The molecule has 0 spiro atoms. The highest BCUT2D eigenvalue weighted by Gasteiger charge is 2.22. The molecule has 1 N–H and O–H groups in total. The largest absolute Gasteiger partial charge is 0.493 e. The van der Waals surface area contributed by atoms with Gasteiger partial charge in [0.2, 0.25) is 0 Å².